The summed E-state index contributed by atoms with van der Waals surface area (Å²) >= 11 is 0. The third-order valence-electron chi connectivity index (χ3n) is 11.9. The zero-order valence-corrected chi connectivity index (χ0v) is 32.3. The second kappa shape index (κ2) is 13.4. The molecule has 0 radical (unpaired) electrons. The van der Waals surface area contributed by atoms with E-state index in [0.717, 1.165) is 55.7 Å². The minimum Gasteiger partial charge on any atom is -0.308 e. The largest absolute Gasteiger partial charge is 0.308 e. The number of benzene rings is 8. The van der Waals surface area contributed by atoms with Crippen molar-refractivity contribution in [2.45, 2.75) is 19.3 Å². The molecule has 0 saturated heterocycles. The Morgan fingerprint density at radius 3 is 1.53 bits per heavy atom. The van der Waals surface area contributed by atoms with Crippen molar-refractivity contribution >= 4 is 21.8 Å². The molecule has 0 fully saturated rings. The number of hydrogen-bond donors (Lipinski definition) is 0. The van der Waals surface area contributed by atoms with E-state index in [1.165, 1.54) is 33.0 Å². The minimum absolute atomic E-state index is 0.102. The summed E-state index contributed by atoms with van der Waals surface area (Å²) in [4.78, 5) is 16.0. The Labute approximate surface area is 337 Å². The maximum absolute atomic E-state index is 5.40. The third-order valence-corrected chi connectivity index (χ3v) is 11.9. The average molecular weight is 743 g/mol. The Kier molecular flexibility index (Phi) is 7.80. The molecule has 8 aromatic carbocycles. The van der Waals surface area contributed by atoms with Crippen LogP contribution in [0.2, 0.25) is 0 Å². The summed E-state index contributed by atoms with van der Waals surface area (Å²) in [6.07, 6.45) is 0. The van der Waals surface area contributed by atoms with E-state index < -0.39 is 0 Å². The monoisotopic (exact) mass is 742 g/mol. The van der Waals surface area contributed by atoms with E-state index in [9.17, 15) is 0 Å². The Morgan fingerprint density at radius 2 is 0.845 bits per heavy atom. The van der Waals surface area contributed by atoms with Gasteiger partial charge in [-0.3, -0.25) is 0 Å². The highest BCUT2D eigenvalue weighted by Gasteiger charge is 2.35. The Morgan fingerprint density at radius 1 is 0.345 bits per heavy atom. The van der Waals surface area contributed by atoms with Crippen LogP contribution >= 0.6 is 0 Å². The van der Waals surface area contributed by atoms with Gasteiger partial charge >= 0.3 is 0 Å². The fraction of sp³-hybridized carbons (Fsp3) is 0.0556. The fourth-order valence-electron chi connectivity index (χ4n) is 8.98. The average Bonchev–Trinajstić information content (AvgIpc) is 3.74. The summed E-state index contributed by atoms with van der Waals surface area (Å²) < 4.78 is 2.38. The maximum Gasteiger partial charge on any atom is 0.166 e. The zero-order chi connectivity index (χ0) is 38.8. The first-order valence-corrected chi connectivity index (χ1v) is 19.9. The molecule has 0 unspecified atom stereocenters. The van der Waals surface area contributed by atoms with Gasteiger partial charge in [-0.05, 0) is 80.9 Å². The summed E-state index contributed by atoms with van der Waals surface area (Å²) in [5.74, 6) is 1.87. The Hall–Kier alpha value is -7.43. The van der Waals surface area contributed by atoms with Gasteiger partial charge in [-0.2, -0.15) is 0 Å². The molecule has 58 heavy (non-hydrogen) atoms. The quantitative estimate of drug-likeness (QED) is 0.170. The normalized spacial score (nSPS) is 12.8. The summed E-state index contributed by atoms with van der Waals surface area (Å²) in [6.45, 7) is 4.62. The number of hydrogen-bond acceptors (Lipinski definition) is 3. The van der Waals surface area contributed by atoms with E-state index in [1.54, 1.807) is 0 Å². The van der Waals surface area contributed by atoms with Crippen molar-refractivity contribution in [3.63, 3.8) is 0 Å². The van der Waals surface area contributed by atoms with Gasteiger partial charge < -0.3 is 4.57 Å². The lowest BCUT2D eigenvalue weighted by Crippen LogP contribution is -2.14. The van der Waals surface area contributed by atoms with Gasteiger partial charge in [0.1, 0.15) is 0 Å². The maximum atomic E-state index is 5.40. The van der Waals surface area contributed by atoms with Crippen molar-refractivity contribution in [2.75, 3.05) is 0 Å². The summed E-state index contributed by atoms with van der Waals surface area (Å²) in [6, 6.07) is 69.0. The van der Waals surface area contributed by atoms with Crippen LogP contribution in [0.25, 0.3) is 95.0 Å². The van der Waals surface area contributed by atoms with Crippen LogP contribution in [-0.4, -0.2) is 19.5 Å². The van der Waals surface area contributed by atoms with Crippen LogP contribution in [0.4, 0.5) is 0 Å². The molecule has 0 aliphatic heterocycles. The van der Waals surface area contributed by atoms with Crippen LogP contribution in [0.15, 0.2) is 194 Å². The first kappa shape index (κ1) is 33.9. The van der Waals surface area contributed by atoms with Crippen molar-refractivity contribution < 1.29 is 0 Å². The van der Waals surface area contributed by atoms with E-state index in [-0.39, 0.29) is 5.41 Å². The van der Waals surface area contributed by atoms with Crippen LogP contribution in [0, 0.1) is 0 Å². The molecular formula is C54H38N4. The van der Waals surface area contributed by atoms with E-state index in [0.29, 0.717) is 17.5 Å². The highest BCUT2D eigenvalue weighted by molar-refractivity contribution is 6.09. The number of nitrogens with zero attached hydrogens (tertiary/aromatic N) is 4. The molecule has 0 amide bonds. The van der Waals surface area contributed by atoms with Gasteiger partial charge in [0, 0.05) is 32.9 Å². The first-order valence-electron chi connectivity index (χ1n) is 19.9. The molecule has 4 heteroatoms. The van der Waals surface area contributed by atoms with Crippen molar-refractivity contribution in [1.82, 2.24) is 19.5 Å². The van der Waals surface area contributed by atoms with Crippen molar-refractivity contribution in [3.05, 3.63) is 205 Å². The molecule has 1 aliphatic carbocycles. The number of para-hydroxylation sites is 2. The van der Waals surface area contributed by atoms with Crippen molar-refractivity contribution in [2.24, 2.45) is 0 Å². The van der Waals surface area contributed by atoms with Crippen LogP contribution in [0.3, 0.4) is 0 Å². The number of fused-ring (bicyclic) bond motifs is 6. The van der Waals surface area contributed by atoms with E-state index in [2.05, 4.69) is 206 Å². The summed E-state index contributed by atoms with van der Waals surface area (Å²) in [7, 11) is 0. The van der Waals surface area contributed by atoms with Gasteiger partial charge in [-0.15, -0.1) is 0 Å². The zero-order valence-electron chi connectivity index (χ0n) is 32.3. The van der Waals surface area contributed by atoms with Crippen molar-refractivity contribution in [1.29, 1.82) is 0 Å². The molecule has 0 spiro atoms. The van der Waals surface area contributed by atoms with Crippen molar-refractivity contribution in [3.8, 4) is 73.2 Å². The standard InChI is InChI=1S/C54H38N4/c1-54(2)46-25-12-9-22-41(46)45-33-40(29-31-47(45)54)52-55-51(39-21-15-20-37(32-39)35-16-5-3-6-17-35)56-53(57-52)44-30-28-38(36-18-7-4-8-19-36)34-50(44)58-48-26-13-10-23-42(48)43-24-11-14-27-49(43)58/h3-34H,1-2H3. The molecule has 10 aromatic rings. The molecule has 11 rings (SSSR count). The molecule has 2 aromatic heterocycles. The van der Waals surface area contributed by atoms with E-state index in [1.807, 2.05) is 6.07 Å². The molecule has 0 N–H and O–H groups in total. The highest BCUT2D eigenvalue weighted by Crippen LogP contribution is 2.49. The Bertz CT molecular complexity index is 3140. The van der Waals surface area contributed by atoms with Gasteiger partial charge in [-0.1, -0.05) is 172 Å². The van der Waals surface area contributed by atoms with Gasteiger partial charge in [0.15, 0.2) is 17.5 Å². The summed E-state index contributed by atoms with van der Waals surface area (Å²) in [5, 5.41) is 2.40. The number of aromatic nitrogens is 4. The predicted octanol–water partition coefficient (Wildman–Crippen LogP) is 13.6. The lowest BCUT2D eigenvalue weighted by molar-refractivity contribution is 0.660. The first-order chi connectivity index (χ1) is 28.5. The second-order valence-electron chi connectivity index (χ2n) is 15.7. The van der Waals surface area contributed by atoms with Gasteiger partial charge in [0.25, 0.3) is 0 Å². The van der Waals surface area contributed by atoms with Gasteiger partial charge in [0.05, 0.1) is 16.7 Å². The molecule has 0 atom stereocenters. The second-order valence-corrected chi connectivity index (χ2v) is 15.7. The predicted molar refractivity (Wildman–Crippen MR) is 239 cm³/mol. The van der Waals surface area contributed by atoms with Crippen LogP contribution in [0.5, 0.6) is 0 Å². The summed E-state index contributed by atoms with van der Waals surface area (Å²) in [5.41, 5.74) is 15.6. The molecule has 4 nitrogen and oxygen atoms in total. The molecule has 1 aliphatic rings. The lowest BCUT2D eigenvalue weighted by Gasteiger charge is -2.21. The van der Waals surface area contributed by atoms with E-state index >= 15 is 0 Å². The lowest BCUT2D eigenvalue weighted by atomic mass is 9.82. The Balaban J connectivity index is 1.18. The number of rotatable bonds is 6. The fourth-order valence-corrected chi connectivity index (χ4v) is 8.98. The topological polar surface area (TPSA) is 43.6 Å². The smallest absolute Gasteiger partial charge is 0.166 e. The van der Waals surface area contributed by atoms with Crippen LogP contribution in [0.1, 0.15) is 25.0 Å². The molecule has 2 heterocycles. The minimum atomic E-state index is -0.102. The molecular weight excluding hydrogens is 705 g/mol. The van der Waals surface area contributed by atoms with Gasteiger partial charge in [-0.25, -0.2) is 15.0 Å². The van der Waals surface area contributed by atoms with E-state index in [4.69, 9.17) is 15.0 Å². The SMILES string of the molecule is CC1(C)c2ccccc2-c2cc(-c3nc(-c4cccc(-c5ccccc5)c4)nc(-c4ccc(-c5ccccc5)cc4-n4c5ccccc5c5ccccc54)n3)ccc21. The van der Waals surface area contributed by atoms with Gasteiger partial charge in [0.2, 0.25) is 0 Å². The molecule has 274 valence electrons. The van der Waals surface area contributed by atoms with Crippen LogP contribution in [-0.2, 0) is 5.41 Å². The van der Waals surface area contributed by atoms with Crippen LogP contribution < -0.4 is 0 Å². The highest BCUT2D eigenvalue weighted by atomic mass is 15.1. The molecule has 0 bridgehead atoms. The molecule has 0 saturated carbocycles. The third kappa shape index (κ3) is 5.48.